The van der Waals surface area contributed by atoms with Crippen LogP contribution >= 0.6 is 39.1 Å². The van der Waals surface area contributed by atoms with Crippen molar-refractivity contribution in [2.75, 3.05) is 6.66 Å². The Morgan fingerprint density at radius 3 is 2.00 bits per heavy atom. The molecule has 0 bridgehead atoms. The van der Waals surface area contributed by atoms with Gasteiger partial charge in [0.25, 0.3) is 0 Å². The molecule has 1 rings (SSSR count). The Morgan fingerprint density at radius 2 is 1.62 bits per heavy atom. The van der Waals surface area contributed by atoms with E-state index < -0.39 is 7.28 Å². The third-order valence-corrected chi connectivity index (χ3v) is 4.87. The molecule has 0 aliphatic carbocycles. The van der Waals surface area contributed by atoms with Crippen LogP contribution in [0.4, 0.5) is 0 Å². The van der Waals surface area contributed by atoms with E-state index in [9.17, 15) is 14.7 Å². The summed E-state index contributed by atoms with van der Waals surface area (Å²) in [4.78, 5) is 28.1. The average molecular weight is 332 g/mol. The topological polar surface area (TPSA) is 60.7 Å². The van der Waals surface area contributed by atoms with Crippen molar-refractivity contribution in [1.82, 2.24) is 0 Å². The van der Waals surface area contributed by atoms with Crippen LogP contribution in [0.2, 0.25) is 0 Å². The SMILES string of the molecule is CP(O)(O)(O)c1ccc(Br)c(Br)c1. The molecule has 0 unspecified atom stereocenters. The number of benzene rings is 1. The van der Waals surface area contributed by atoms with E-state index in [1.807, 2.05) is 0 Å². The van der Waals surface area contributed by atoms with Gasteiger partial charge in [0.15, 0.2) is 0 Å². The van der Waals surface area contributed by atoms with Crippen molar-refractivity contribution in [2.24, 2.45) is 0 Å². The molecule has 0 heterocycles. The molecule has 74 valence electrons. The van der Waals surface area contributed by atoms with E-state index in [1.165, 1.54) is 12.1 Å². The summed E-state index contributed by atoms with van der Waals surface area (Å²) in [5, 5.41) is 0.126. The third kappa shape index (κ3) is 2.98. The Labute approximate surface area is 92.8 Å². The Balaban J connectivity index is 3.28. The second-order valence-electron chi connectivity index (χ2n) is 2.99. The van der Waals surface area contributed by atoms with Crippen molar-refractivity contribution in [3.8, 4) is 0 Å². The molecule has 6 heteroatoms. The molecule has 0 saturated heterocycles. The molecule has 3 N–H and O–H groups in total. The molecule has 0 saturated carbocycles. The maximum absolute atomic E-state index is 9.38. The van der Waals surface area contributed by atoms with Crippen LogP contribution in [0.3, 0.4) is 0 Å². The predicted molar refractivity (Wildman–Crippen MR) is 61.0 cm³/mol. The molecule has 0 aliphatic heterocycles. The van der Waals surface area contributed by atoms with Crippen LogP contribution in [-0.2, 0) is 0 Å². The second-order valence-corrected chi connectivity index (χ2v) is 8.00. The number of hydrogen-bond acceptors (Lipinski definition) is 3. The fourth-order valence-electron chi connectivity index (χ4n) is 0.811. The molecular weight excluding hydrogens is 323 g/mol. The summed E-state index contributed by atoms with van der Waals surface area (Å²) in [6, 6.07) is 4.57. The van der Waals surface area contributed by atoms with Gasteiger partial charge in [-0.1, -0.05) is 0 Å². The fourth-order valence-corrected chi connectivity index (χ4v) is 2.47. The van der Waals surface area contributed by atoms with Crippen LogP contribution < -0.4 is 5.30 Å². The molecule has 0 aromatic heterocycles. The number of halogens is 2. The van der Waals surface area contributed by atoms with E-state index >= 15 is 0 Å². The summed E-state index contributed by atoms with van der Waals surface area (Å²) in [7, 11) is -4.60. The van der Waals surface area contributed by atoms with Crippen LogP contribution in [0, 0.1) is 0 Å². The van der Waals surface area contributed by atoms with Gasteiger partial charge in [-0.2, -0.15) is 0 Å². The van der Waals surface area contributed by atoms with Gasteiger partial charge in [-0.25, -0.2) is 0 Å². The molecule has 0 radical (unpaired) electrons. The zero-order chi connectivity index (χ0) is 10.3. The molecule has 0 amide bonds. The monoisotopic (exact) mass is 330 g/mol. The van der Waals surface area contributed by atoms with Crippen molar-refractivity contribution < 1.29 is 14.7 Å². The van der Waals surface area contributed by atoms with Gasteiger partial charge >= 0.3 is 92.9 Å². The van der Waals surface area contributed by atoms with Crippen molar-refractivity contribution in [3.05, 3.63) is 27.1 Å². The van der Waals surface area contributed by atoms with E-state index in [-0.39, 0.29) is 5.30 Å². The minimum atomic E-state index is -4.60. The molecule has 13 heavy (non-hydrogen) atoms. The molecule has 1 aromatic rings. The van der Waals surface area contributed by atoms with Crippen LogP contribution in [0.25, 0.3) is 0 Å². The Bertz CT molecular complexity index is 336. The first-order chi connectivity index (χ1) is 5.67. The minimum absolute atomic E-state index is 0.126. The zero-order valence-corrected chi connectivity index (χ0v) is 10.8. The van der Waals surface area contributed by atoms with Crippen LogP contribution in [0.5, 0.6) is 0 Å². The van der Waals surface area contributed by atoms with Gasteiger partial charge in [0, 0.05) is 0 Å². The van der Waals surface area contributed by atoms with Crippen molar-refractivity contribution in [2.45, 2.75) is 0 Å². The molecule has 0 spiro atoms. The van der Waals surface area contributed by atoms with Crippen LogP contribution in [0.15, 0.2) is 27.1 Å². The first-order valence-electron chi connectivity index (χ1n) is 3.39. The summed E-state index contributed by atoms with van der Waals surface area (Å²) < 4.78 is 1.45. The number of hydrogen-bond donors (Lipinski definition) is 3. The van der Waals surface area contributed by atoms with Crippen molar-refractivity contribution in [1.29, 1.82) is 0 Å². The van der Waals surface area contributed by atoms with E-state index in [4.69, 9.17) is 0 Å². The van der Waals surface area contributed by atoms with Crippen molar-refractivity contribution >= 4 is 44.4 Å². The van der Waals surface area contributed by atoms with E-state index in [0.717, 1.165) is 11.1 Å². The van der Waals surface area contributed by atoms with Crippen LogP contribution in [0.1, 0.15) is 0 Å². The standard InChI is InChI=1S/C7H9Br2O3P/c1-13(10,11,12)5-2-3-6(8)7(9)4-5/h2-4,10-12H,1H3. The van der Waals surface area contributed by atoms with E-state index in [2.05, 4.69) is 31.9 Å². The summed E-state index contributed by atoms with van der Waals surface area (Å²) in [5.41, 5.74) is 0. The first kappa shape index (κ1) is 11.6. The summed E-state index contributed by atoms with van der Waals surface area (Å²) in [6.07, 6.45) is 0. The van der Waals surface area contributed by atoms with E-state index in [1.54, 1.807) is 6.07 Å². The maximum atomic E-state index is 9.38. The molecular formula is C7H9Br2O3P. The molecule has 0 fully saturated rings. The first-order valence-corrected chi connectivity index (χ1v) is 7.51. The quantitative estimate of drug-likeness (QED) is 0.687. The predicted octanol–water partition coefficient (Wildman–Crippen LogP) is 1.74. The van der Waals surface area contributed by atoms with Gasteiger partial charge in [-0.05, 0) is 0 Å². The van der Waals surface area contributed by atoms with Gasteiger partial charge in [0.2, 0.25) is 0 Å². The Kier molecular flexibility index (Phi) is 2.90. The average Bonchev–Trinajstić information content (AvgIpc) is 1.91. The molecule has 1 aromatic carbocycles. The van der Waals surface area contributed by atoms with Gasteiger partial charge < -0.3 is 0 Å². The van der Waals surface area contributed by atoms with Gasteiger partial charge in [0.05, 0.1) is 0 Å². The summed E-state index contributed by atoms with van der Waals surface area (Å²) in [5.74, 6) is 0. The van der Waals surface area contributed by atoms with Gasteiger partial charge in [0.1, 0.15) is 0 Å². The summed E-state index contributed by atoms with van der Waals surface area (Å²) in [6.45, 7) is 1.03. The Hall–Kier alpha value is 0.490. The Morgan fingerprint density at radius 1 is 1.08 bits per heavy atom. The van der Waals surface area contributed by atoms with Gasteiger partial charge in [-0.3, -0.25) is 0 Å². The van der Waals surface area contributed by atoms with E-state index in [0.29, 0.717) is 4.47 Å². The van der Waals surface area contributed by atoms with Crippen molar-refractivity contribution in [3.63, 3.8) is 0 Å². The van der Waals surface area contributed by atoms with Crippen LogP contribution in [-0.4, -0.2) is 21.3 Å². The zero-order valence-electron chi connectivity index (χ0n) is 6.78. The summed E-state index contributed by atoms with van der Waals surface area (Å²) >= 11 is 6.44. The van der Waals surface area contributed by atoms with Gasteiger partial charge in [-0.15, -0.1) is 0 Å². The second kappa shape index (κ2) is 3.26. The molecule has 0 aliphatic rings. The normalized spacial score (nSPS) is 15.1. The molecule has 0 atom stereocenters. The molecule has 3 nitrogen and oxygen atoms in total. The number of rotatable bonds is 1. The third-order valence-electron chi connectivity index (χ3n) is 1.51. The fraction of sp³-hybridized carbons (Fsp3) is 0.143.